The molecule has 0 bridgehead atoms. The number of phenolic OH excluding ortho intramolecular Hbond substituents is 1. The minimum absolute atomic E-state index is 0.113. The predicted molar refractivity (Wildman–Crippen MR) is 97.9 cm³/mol. The van der Waals surface area contributed by atoms with Crippen molar-refractivity contribution in [3.8, 4) is 11.5 Å². The molecule has 1 aromatic carbocycles. The van der Waals surface area contributed by atoms with Gasteiger partial charge in [-0.25, -0.2) is 0 Å². The molecule has 8 heteroatoms. The number of hydrazone groups is 1. The van der Waals surface area contributed by atoms with Gasteiger partial charge in [-0.15, -0.1) is 0 Å². The van der Waals surface area contributed by atoms with Gasteiger partial charge in [-0.2, -0.15) is 5.10 Å². The molecule has 7 nitrogen and oxygen atoms in total. The van der Waals surface area contributed by atoms with Gasteiger partial charge in [0, 0.05) is 26.2 Å². The van der Waals surface area contributed by atoms with E-state index >= 15 is 0 Å². The van der Waals surface area contributed by atoms with Crippen molar-refractivity contribution < 1.29 is 14.6 Å². The number of thiocarbonyl (C=S) groups is 1. The third-order valence-corrected chi connectivity index (χ3v) is 3.72. The van der Waals surface area contributed by atoms with Crippen LogP contribution in [0.25, 0.3) is 0 Å². The molecular formula is C16H24N4O3S. The number of nitrogens with one attached hydrogen (secondary N) is 2. The van der Waals surface area contributed by atoms with Crippen LogP contribution >= 0.6 is 12.2 Å². The summed E-state index contributed by atoms with van der Waals surface area (Å²) in [5.74, 6) is 0.551. The van der Waals surface area contributed by atoms with Gasteiger partial charge >= 0.3 is 0 Å². The Morgan fingerprint density at radius 2 is 2.25 bits per heavy atom. The summed E-state index contributed by atoms with van der Waals surface area (Å²) in [7, 11) is 0. The Labute approximate surface area is 147 Å². The lowest BCUT2D eigenvalue weighted by Crippen LogP contribution is -2.42. The Morgan fingerprint density at radius 1 is 1.46 bits per heavy atom. The minimum Gasteiger partial charge on any atom is -0.504 e. The number of nitrogens with zero attached hydrogens (tertiary/aromatic N) is 2. The fourth-order valence-electron chi connectivity index (χ4n) is 2.24. The number of benzene rings is 1. The van der Waals surface area contributed by atoms with Crippen LogP contribution in [0.3, 0.4) is 0 Å². The highest BCUT2D eigenvalue weighted by Crippen LogP contribution is 2.26. The number of hydrogen-bond acceptors (Lipinski definition) is 6. The van der Waals surface area contributed by atoms with Gasteiger partial charge < -0.3 is 19.9 Å². The summed E-state index contributed by atoms with van der Waals surface area (Å²) in [4.78, 5) is 2.33. The van der Waals surface area contributed by atoms with Gasteiger partial charge in [-0.3, -0.25) is 10.3 Å². The molecule has 0 amide bonds. The first kappa shape index (κ1) is 18.4. The highest BCUT2D eigenvalue weighted by Gasteiger charge is 2.09. The van der Waals surface area contributed by atoms with Gasteiger partial charge in [-0.05, 0) is 42.9 Å². The molecule has 1 heterocycles. The lowest BCUT2D eigenvalue weighted by molar-refractivity contribution is 0.0389. The van der Waals surface area contributed by atoms with E-state index in [-0.39, 0.29) is 5.75 Å². The van der Waals surface area contributed by atoms with Gasteiger partial charge in [0.05, 0.1) is 26.0 Å². The molecule has 1 aliphatic heterocycles. The maximum Gasteiger partial charge on any atom is 0.187 e. The van der Waals surface area contributed by atoms with Crippen LogP contribution in [0, 0.1) is 0 Å². The summed E-state index contributed by atoms with van der Waals surface area (Å²) in [5, 5.41) is 17.3. The average Bonchev–Trinajstić information content (AvgIpc) is 2.59. The quantitative estimate of drug-likeness (QED) is 0.383. The van der Waals surface area contributed by atoms with E-state index < -0.39 is 0 Å². The van der Waals surface area contributed by atoms with Crippen molar-refractivity contribution in [2.75, 3.05) is 46.0 Å². The number of hydrogen-bond donors (Lipinski definition) is 3. The summed E-state index contributed by atoms with van der Waals surface area (Å²) < 4.78 is 10.6. The summed E-state index contributed by atoms with van der Waals surface area (Å²) >= 11 is 5.18. The second kappa shape index (κ2) is 10.1. The number of aromatic hydroxyl groups is 1. The van der Waals surface area contributed by atoms with E-state index in [9.17, 15) is 5.11 Å². The number of phenols is 1. The molecule has 0 atom stereocenters. The third kappa shape index (κ3) is 6.31. The highest BCUT2D eigenvalue weighted by molar-refractivity contribution is 7.80. The molecule has 1 aliphatic rings. The van der Waals surface area contributed by atoms with Crippen LogP contribution in [0.5, 0.6) is 11.5 Å². The molecule has 24 heavy (non-hydrogen) atoms. The van der Waals surface area contributed by atoms with E-state index in [0.717, 1.165) is 45.0 Å². The van der Waals surface area contributed by atoms with Gasteiger partial charge in [0.2, 0.25) is 0 Å². The van der Waals surface area contributed by atoms with E-state index in [1.165, 1.54) is 0 Å². The van der Waals surface area contributed by atoms with Crippen molar-refractivity contribution in [1.29, 1.82) is 0 Å². The molecule has 2 rings (SSSR count). The Bertz CT molecular complexity index is 562. The van der Waals surface area contributed by atoms with Gasteiger partial charge in [0.15, 0.2) is 16.6 Å². The Hall–Kier alpha value is -1.90. The van der Waals surface area contributed by atoms with Crippen molar-refractivity contribution >= 4 is 23.5 Å². The molecule has 132 valence electrons. The smallest absolute Gasteiger partial charge is 0.187 e. The number of ether oxygens (including phenoxy) is 2. The summed E-state index contributed by atoms with van der Waals surface area (Å²) in [6, 6.07) is 5.04. The van der Waals surface area contributed by atoms with Crippen LogP contribution in [-0.2, 0) is 4.74 Å². The Balaban J connectivity index is 1.70. The molecule has 0 radical (unpaired) electrons. The zero-order chi connectivity index (χ0) is 17.2. The highest BCUT2D eigenvalue weighted by atomic mass is 32.1. The first-order chi connectivity index (χ1) is 11.7. The largest absolute Gasteiger partial charge is 0.504 e. The maximum atomic E-state index is 9.66. The van der Waals surface area contributed by atoms with E-state index in [1.807, 2.05) is 6.92 Å². The molecule has 1 fully saturated rings. The number of rotatable bonds is 7. The third-order valence-electron chi connectivity index (χ3n) is 3.48. The molecule has 0 spiro atoms. The normalized spacial score (nSPS) is 15.4. The Morgan fingerprint density at radius 3 is 3.00 bits per heavy atom. The van der Waals surface area contributed by atoms with Crippen molar-refractivity contribution in [2.24, 2.45) is 5.10 Å². The van der Waals surface area contributed by atoms with Gasteiger partial charge in [-0.1, -0.05) is 0 Å². The van der Waals surface area contributed by atoms with Crippen molar-refractivity contribution in [2.45, 2.75) is 6.92 Å². The van der Waals surface area contributed by atoms with Crippen LogP contribution in [0.4, 0.5) is 0 Å². The molecule has 3 N–H and O–H groups in total. The molecular weight excluding hydrogens is 328 g/mol. The fourth-order valence-corrected chi connectivity index (χ4v) is 2.39. The van der Waals surface area contributed by atoms with E-state index in [0.29, 0.717) is 17.5 Å². The Kier molecular flexibility index (Phi) is 7.73. The summed E-state index contributed by atoms with van der Waals surface area (Å²) in [6.45, 7) is 7.55. The van der Waals surface area contributed by atoms with E-state index in [2.05, 4.69) is 20.7 Å². The molecule has 1 saturated heterocycles. The topological polar surface area (TPSA) is 78.4 Å². The first-order valence-corrected chi connectivity index (χ1v) is 8.42. The molecule has 0 aliphatic carbocycles. The predicted octanol–water partition coefficient (Wildman–Crippen LogP) is 0.921. The van der Waals surface area contributed by atoms with Crippen molar-refractivity contribution in [1.82, 2.24) is 15.6 Å². The SMILES string of the molecule is CCOc1cc(/C=N/NC(=S)NCCN2CCOCC2)ccc1O. The molecule has 1 aromatic rings. The van der Waals surface area contributed by atoms with E-state index in [1.54, 1.807) is 24.4 Å². The molecule has 0 saturated carbocycles. The monoisotopic (exact) mass is 352 g/mol. The number of morpholine rings is 1. The van der Waals surface area contributed by atoms with Crippen LogP contribution in [0.15, 0.2) is 23.3 Å². The lowest BCUT2D eigenvalue weighted by Gasteiger charge is -2.26. The molecule has 0 unspecified atom stereocenters. The van der Waals surface area contributed by atoms with Gasteiger partial charge in [0.1, 0.15) is 0 Å². The van der Waals surface area contributed by atoms with Crippen LogP contribution in [0.1, 0.15) is 12.5 Å². The second-order valence-electron chi connectivity index (χ2n) is 5.24. The fraction of sp³-hybridized carbons (Fsp3) is 0.500. The van der Waals surface area contributed by atoms with Crippen LogP contribution in [-0.4, -0.2) is 67.3 Å². The van der Waals surface area contributed by atoms with Crippen molar-refractivity contribution in [3.63, 3.8) is 0 Å². The minimum atomic E-state index is 0.113. The first-order valence-electron chi connectivity index (χ1n) is 8.02. The average molecular weight is 352 g/mol. The standard InChI is InChI=1S/C16H24N4O3S/c1-2-23-15-11-13(3-4-14(15)21)12-18-19-16(24)17-5-6-20-7-9-22-10-8-20/h3-4,11-12,21H,2,5-10H2,1H3,(H2,17,19,24)/b18-12+. The summed E-state index contributed by atoms with van der Waals surface area (Å²) in [6.07, 6.45) is 1.62. The molecule has 0 aromatic heterocycles. The maximum absolute atomic E-state index is 9.66. The second-order valence-corrected chi connectivity index (χ2v) is 5.65. The zero-order valence-corrected chi connectivity index (χ0v) is 14.6. The van der Waals surface area contributed by atoms with Crippen LogP contribution < -0.4 is 15.5 Å². The van der Waals surface area contributed by atoms with E-state index in [4.69, 9.17) is 21.7 Å². The van der Waals surface area contributed by atoms with Crippen molar-refractivity contribution in [3.05, 3.63) is 23.8 Å². The lowest BCUT2D eigenvalue weighted by atomic mass is 10.2. The summed E-state index contributed by atoms with van der Waals surface area (Å²) in [5.41, 5.74) is 3.58. The van der Waals surface area contributed by atoms with Gasteiger partial charge in [0.25, 0.3) is 0 Å². The zero-order valence-electron chi connectivity index (χ0n) is 13.8. The van der Waals surface area contributed by atoms with Crippen LogP contribution in [0.2, 0.25) is 0 Å².